The third-order valence-corrected chi connectivity index (χ3v) is 1.10. The normalized spacial score (nSPS) is 10.4. The van der Waals surface area contributed by atoms with Crippen molar-refractivity contribution in [3.8, 4) is 0 Å². The molecule has 0 amide bonds. The van der Waals surface area contributed by atoms with Crippen molar-refractivity contribution in [2.45, 2.75) is 6.43 Å². The van der Waals surface area contributed by atoms with E-state index in [1.807, 2.05) is 0 Å². The van der Waals surface area contributed by atoms with Crippen LogP contribution in [0.1, 0.15) is 12.0 Å². The van der Waals surface area contributed by atoms with Crippen molar-refractivity contribution in [3.05, 3.63) is 35.6 Å². The molecule has 0 aliphatic heterocycles. The Hall–Kier alpha value is -0.990. The van der Waals surface area contributed by atoms with E-state index < -0.39 is 12.2 Å². The summed E-state index contributed by atoms with van der Waals surface area (Å²) >= 11 is 0. The van der Waals surface area contributed by atoms with Gasteiger partial charge in [0.2, 0.25) is 0 Å². The summed E-state index contributed by atoms with van der Waals surface area (Å²) in [6.07, 6.45) is -2.59. The molecular formula is C7H5F3. The number of hydrogen-bond acceptors (Lipinski definition) is 0. The van der Waals surface area contributed by atoms with Gasteiger partial charge in [0.15, 0.2) is 0 Å². The molecule has 0 bridgehead atoms. The summed E-state index contributed by atoms with van der Waals surface area (Å²) in [7, 11) is 0. The molecule has 0 radical (unpaired) electrons. The van der Waals surface area contributed by atoms with Crippen molar-refractivity contribution in [2.24, 2.45) is 0 Å². The Balaban J connectivity index is 2.96. The lowest BCUT2D eigenvalue weighted by Gasteiger charge is -1.96. The smallest absolute Gasteiger partial charge is 0.207 e. The zero-order valence-electron chi connectivity index (χ0n) is 5.02. The predicted octanol–water partition coefficient (Wildman–Crippen LogP) is 2.76. The first kappa shape index (κ1) is 7.12. The molecule has 1 rings (SSSR count). The van der Waals surface area contributed by atoms with Gasteiger partial charge in [-0.1, -0.05) is 12.1 Å². The zero-order valence-corrected chi connectivity index (χ0v) is 5.02. The average Bonchev–Trinajstić information content (AvgIpc) is 1.88. The van der Waals surface area contributed by atoms with Gasteiger partial charge in [-0.3, -0.25) is 0 Å². The van der Waals surface area contributed by atoms with Crippen molar-refractivity contribution in [1.82, 2.24) is 0 Å². The summed E-state index contributed by atoms with van der Waals surface area (Å²) in [6.45, 7) is 0. The van der Waals surface area contributed by atoms with Crippen LogP contribution in [0.3, 0.4) is 0 Å². The average molecular weight is 146 g/mol. The molecule has 1 aromatic carbocycles. The van der Waals surface area contributed by atoms with Crippen LogP contribution in [-0.4, -0.2) is 0 Å². The van der Waals surface area contributed by atoms with Gasteiger partial charge >= 0.3 is 0 Å². The van der Waals surface area contributed by atoms with E-state index in [0.29, 0.717) is 0 Å². The summed E-state index contributed by atoms with van der Waals surface area (Å²) in [5.74, 6) is -0.627. The molecule has 10 heavy (non-hydrogen) atoms. The van der Waals surface area contributed by atoms with E-state index in [4.69, 9.17) is 0 Å². The minimum atomic E-state index is -2.59. The number of hydrogen-bond donors (Lipinski definition) is 0. The molecule has 0 heterocycles. The van der Waals surface area contributed by atoms with Crippen molar-refractivity contribution in [3.63, 3.8) is 0 Å². The first-order valence-electron chi connectivity index (χ1n) is 2.74. The lowest BCUT2D eigenvalue weighted by molar-refractivity contribution is 0.151. The van der Waals surface area contributed by atoms with E-state index in [0.717, 1.165) is 12.1 Å². The van der Waals surface area contributed by atoms with Gasteiger partial charge in [-0.15, -0.1) is 0 Å². The van der Waals surface area contributed by atoms with Gasteiger partial charge in [0.1, 0.15) is 5.82 Å². The van der Waals surface area contributed by atoms with E-state index in [2.05, 4.69) is 0 Å². The standard InChI is InChI=1S/C7H5F3/c8-6-3-1-2-5(4-6)7(9)10/h1-4,7H. The van der Waals surface area contributed by atoms with Crippen LogP contribution in [0.15, 0.2) is 24.3 Å². The van der Waals surface area contributed by atoms with Gasteiger partial charge in [0.05, 0.1) is 0 Å². The highest BCUT2D eigenvalue weighted by Crippen LogP contribution is 2.18. The highest BCUT2D eigenvalue weighted by Gasteiger charge is 2.05. The molecule has 0 nitrogen and oxygen atoms in total. The fraction of sp³-hybridized carbons (Fsp3) is 0.143. The van der Waals surface area contributed by atoms with E-state index in [1.165, 1.54) is 12.1 Å². The first-order chi connectivity index (χ1) is 4.70. The van der Waals surface area contributed by atoms with Crippen molar-refractivity contribution < 1.29 is 13.2 Å². The van der Waals surface area contributed by atoms with Gasteiger partial charge in [-0.05, 0) is 12.1 Å². The predicted molar refractivity (Wildman–Crippen MR) is 31.4 cm³/mol. The maximum absolute atomic E-state index is 12.2. The second-order valence-electron chi connectivity index (χ2n) is 1.86. The number of rotatable bonds is 1. The zero-order chi connectivity index (χ0) is 7.56. The minimum Gasteiger partial charge on any atom is -0.207 e. The van der Waals surface area contributed by atoms with Gasteiger partial charge in [-0.2, -0.15) is 0 Å². The summed E-state index contributed by atoms with van der Waals surface area (Å²) in [5.41, 5.74) is -0.278. The molecular weight excluding hydrogens is 141 g/mol. The molecule has 0 aliphatic rings. The Morgan fingerprint density at radius 2 is 1.90 bits per heavy atom. The molecule has 0 saturated heterocycles. The molecule has 3 heteroatoms. The fourth-order valence-electron chi connectivity index (χ4n) is 0.642. The van der Waals surface area contributed by atoms with E-state index >= 15 is 0 Å². The van der Waals surface area contributed by atoms with Gasteiger partial charge in [0, 0.05) is 5.56 Å². The van der Waals surface area contributed by atoms with Gasteiger partial charge < -0.3 is 0 Å². The molecule has 54 valence electrons. The third kappa shape index (κ3) is 1.50. The minimum absolute atomic E-state index is 0.278. The van der Waals surface area contributed by atoms with Gasteiger partial charge in [-0.25, -0.2) is 13.2 Å². The van der Waals surface area contributed by atoms with E-state index in [-0.39, 0.29) is 5.56 Å². The topological polar surface area (TPSA) is 0 Å². The Kier molecular flexibility index (Phi) is 1.94. The maximum atomic E-state index is 12.2. The summed E-state index contributed by atoms with van der Waals surface area (Å²) < 4.78 is 35.8. The van der Waals surface area contributed by atoms with Gasteiger partial charge in [0.25, 0.3) is 6.43 Å². The van der Waals surface area contributed by atoms with E-state index in [1.54, 1.807) is 0 Å². The molecule has 0 saturated carbocycles. The molecule has 0 N–H and O–H groups in total. The van der Waals surface area contributed by atoms with Crippen LogP contribution in [0.2, 0.25) is 0 Å². The maximum Gasteiger partial charge on any atom is 0.263 e. The lowest BCUT2D eigenvalue weighted by atomic mass is 10.2. The second kappa shape index (κ2) is 2.73. The number of halogens is 3. The third-order valence-electron chi connectivity index (χ3n) is 1.10. The Labute approximate surface area is 56.3 Å². The van der Waals surface area contributed by atoms with Crippen LogP contribution >= 0.6 is 0 Å². The molecule has 0 unspecified atom stereocenters. The Morgan fingerprint density at radius 1 is 1.20 bits per heavy atom. The van der Waals surface area contributed by atoms with Crippen LogP contribution in [0.5, 0.6) is 0 Å². The Morgan fingerprint density at radius 3 is 2.30 bits per heavy atom. The second-order valence-corrected chi connectivity index (χ2v) is 1.86. The summed E-state index contributed by atoms with van der Waals surface area (Å²) in [4.78, 5) is 0. The SMILES string of the molecule is Fc1cccc(C(F)F)c1. The molecule has 0 spiro atoms. The van der Waals surface area contributed by atoms with Crippen molar-refractivity contribution in [2.75, 3.05) is 0 Å². The molecule has 0 aliphatic carbocycles. The molecule has 0 aromatic heterocycles. The van der Waals surface area contributed by atoms with Crippen LogP contribution in [0, 0.1) is 5.82 Å². The van der Waals surface area contributed by atoms with Crippen LogP contribution in [0.25, 0.3) is 0 Å². The lowest BCUT2D eigenvalue weighted by Crippen LogP contribution is -1.83. The molecule has 1 aromatic rings. The highest BCUT2D eigenvalue weighted by atomic mass is 19.3. The van der Waals surface area contributed by atoms with Crippen LogP contribution in [0.4, 0.5) is 13.2 Å². The summed E-state index contributed by atoms with van der Waals surface area (Å²) in [6, 6.07) is 4.40. The number of benzene rings is 1. The fourth-order valence-corrected chi connectivity index (χ4v) is 0.642. The van der Waals surface area contributed by atoms with E-state index in [9.17, 15) is 13.2 Å². The van der Waals surface area contributed by atoms with Crippen LogP contribution < -0.4 is 0 Å². The van der Waals surface area contributed by atoms with Crippen molar-refractivity contribution in [1.29, 1.82) is 0 Å². The largest absolute Gasteiger partial charge is 0.263 e. The monoisotopic (exact) mass is 146 g/mol. The summed E-state index contributed by atoms with van der Waals surface area (Å²) in [5, 5.41) is 0. The number of alkyl halides is 2. The van der Waals surface area contributed by atoms with Crippen molar-refractivity contribution >= 4 is 0 Å². The first-order valence-corrected chi connectivity index (χ1v) is 2.74. The molecule has 0 atom stereocenters. The Bertz CT molecular complexity index is 220. The molecule has 0 fully saturated rings. The van der Waals surface area contributed by atoms with Crippen LogP contribution in [-0.2, 0) is 0 Å². The quantitative estimate of drug-likeness (QED) is 0.571. The highest BCUT2D eigenvalue weighted by molar-refractivity contribution is 5.16.